The van der Waals surface area contributed by atoms with E-state index in [1.165, 1.54) is 23.5 Å². The van der Waals surface area contributed by atoms with Crippen LogP contribution in [0.5, 0.6) is 0 Å². The predicted octanol–water partition coefficient (Wildman–Crippen LogP) is 0.667. The smallest absolute Gasteiger partial charge is 0.308 e. The highest BCUT2D eigenvalue weighted by Gasteiger charge is 2.18. The molecule has 1 aromatic heterocycles. The van der Waals surface area contributed by atoms with Crippen molar-refractivity contribution in [1.29, 1.82) is 5.26 Å². The molecule has 162 valence electrons. The second-order valence-electron chi connectivity index (χ2n) is 6.64. The Labute approximate surface area is 185 Å². The predicted molar refractivity (Wildman–Crippen MR) is 116 cm³/mol. The average molecular weight is 443 g/mol. The van der Waals surface area contributed by atoms with Gasteiger partial charge in [-0.3, -0.25) is 14.6 Å². The largest absolute Gasteiger partial charge is 0.349 e. The Morgan fingerprint density at radius 2 is 2.06 bits per heavy atom. The lowest BCUT2D eigenvalue weighted by Crippen LogP contribution is -2.56. The summed E-state index contributed by atoms with van der Waals surface area (Å²) >= 11 is 5.84. The minimum atomic E-state index is -0.806. The number of benzene rings is 1. The molecule has 7 N–H and O–H groups in total. The number of aromatic nitrogens is 1. The number of hydrogen-bond donors (Lipinski definition) is 4. The third-order valence-electron chi connectivity index (χ3n) is 4.35. The fraction of sp³-hybridized carbons (Fsp3) is 0.238. The summed E-state index contributed by atoms with van der Waals surface area (Å²) in [6.07, 6.45) is 3.67. The summed E-state index contributed by atoms with van der Waals surface area (Å²) in [5.41, 5.74) is 5.79. The topological polar surface area (TPSA) is 152 Å². The van der Waals surface area contributed by atoms with E-state index < -0.39 is 17.9 Å². The Balaban J connectivity index is 1.86. The van der Waals surface area contributed by atoms with Crippen molar-refractivity contribution < 1.29 is 15.3 Å². The average Bonchev–Trinajstić information content (AvgIpc) is 2.77. The Morgan fingerprint density at radius 1 is 1.35 bits per heavy atom. The van der Waals surface area contributed by atoms with E-state index in [2.05, 4.69) is 27.4 Å². The molecule has 2 rings (SSSR count). The van der Waals surface area contributed by atoms with Gasteiger partial charge in [0.05, 0.1) is 18.8 Å². The number of halogens is 1. The van der Waals surface area contributed by atoms with E-state index in [1.54, 1.807) is 6.07 Å². The molecule has 1 atom stereocenters. The number of quaternary nitrogens is 1. The minimum absolute atomic E-state index is 0.0794. The summed E-state index contributed by atoms with van der Waals surface area (Å²) in [5, 5.41) is 16.3. The first-order valence-corrected chi connectivity index (χ1v) is 9.96. The van der Waals surface area contributed by atoms with Crippen molar-refractivity contribution in [3.8, 4) is 6.07 Å². The van der Waals surface area contributed by atoms with Crippen LogP contribution in [-0.2, 0) is 11.2 Å². The van der Waals surface area contributed by atoms with Crippen molar-refractivity contribution in [1.82, 2.24) is 20.6 Å². The quantitative estimate of drug-likeness (QED) is 0.254. The van der Waals surface area contributed by atoms with Gasteiger partial charge in [0.15, 0.2) is 0 Å². The number of nitriles is 1. The summed E-state index contributed by atoms with van der Waals surface area (Å²) in [6, 6.07) is 11.7. The Morgan fingerprint density at radius 3 is 2.68 bits per heavy atom. The Kier molecular flexibility index (Phi) is 8.96. The second-order valence-corrected chi connectivity index (χ2v) is 7.07. The molecule has 9 nitrogen and oxygen atoms in total. The molecule has 0 aliphatic carbocycles. The van der Waals surface area contributed by atoms with Crippen molar-refractivity contribution in [3.63, 3.8) is 0 Å². The molecular formula is C21H25ClN7O2+. The fourth-order valence-electron chi connectivity index (χ4n) is 2.60. The number of hydrogen-bond acceptors (Lipinski definition) is 6. The lowest BCUT2D eigenvalue weighted by Gasteiger charge is -2.15. The molecule has 1 aromatic carbocycles. The van der Waals surface area contributed by atoms with Crippen LogP contribution >= 0.6 is 11.6 Å². The maximum Gasteiger partial charge on any atom is 0.308 e. The molecular weight excluding hydrogens is 418 g/mol. The van der Waals surface area contributed by atoms with Crippen LogP contribution in [-0.4, -0.2) is 34.9 Å². The van der Waals surface area contributed by atoms with Gasteiger partial charge in [0.25, 0.3) is 5.91 Å². The lowest BCUT2D eigenvalue weighted by molar-refractivity contribution is -0.300. The van der Waals surface area contributed by atoms with Gasteiger partial charge < -0.3 is 21.4 Å². The Bertz CT molecular complexity index is 986. The number of carbonyl (C=O) groups excluding carboxylic acids is 2. The van der Waals surface area contributed by atoms with Crippen LogP contribution in [0.2, 0.25) is 5.02 Å². The van der Waals surface area contributed by atoms with Gasteiger partial charge in [0.1, 0.15) is 11.7 Å². The molecule has 0 saturated carbocycles. The van der Waals surface area contributed by atoms with Gasteiger partial charge in [0, 0.05) is 17.8 Å². The molecule has 0 aliphatic rings. The van der Waals surface area contributed by atoms with E-state index >= 15 is 0 Å². The fourth-order valence-corrected chi connectivity index (χ4v) is 2.76. The van der Waals surface area contributed by atoms with Crippen molar-refractivity contribution >= 4 is 23.4 Å². The summed E-state index contributed by atoms with van der Waals surface area (Å²) in [4.78, 5) is 28.3. The molecule has 0 bridgehead atoms. The van der Waals surface area contributed by atoms with Gasteiger partial charge in [-0.25, -0.2) is 5.84 Å². The zero-order valence-corrected chi connectivity index (χ0v) is 17.9. The first kappa shape index (κ1) is 23.8. The van der Waals surface area contributed by atoms with Crippen molar-refractivity contribution in [2.24, 2.45) is 5.84 Å². The number of rotatable bonds is 9. The van der Waals surface area contributed by atoms with Crippen LogP contribution in [0.1, 0.15) is 34.6 Å². The number of amides is 2. The first-order valence-electron chi connectivity index (χ1n) is 9.58. The third kappa shape index (κ3) is 7.38. The van der Waals surface area contributed by atoms with Crippen LogP contribution in [0.4, 0.5) is 0 Å². The van der Waals surface area contributed by atoms with E-state index in [9.17, 15) is 14.9 Å². The normalized spacial score (nSPS) is 11.9. The van der Waals surface area contributed by atoms with Gasteiger partial charge in [-0.15, -0.1) is 0 Å². The number of nitrogens with two attached hydrogens (primary N) is 1. The van der Waals surface area contributed by atoms with Gasteiger partial charge >= 0.3 is 5.91 Å². The molecule has 0 saturated heterocycles. The van der Waals surface area contributed by atoms with Crippen molar-refractivity contribution in [2.75, 3.05) is 13.1 Å². The molecule has 2 aromatic rings. The van der Waals surface area contributed by atoms with E-state index in [4.69, 9.17) is 17.4 Å². The number of aryl methyl sites for hydroxylation is 1. The van der Waals surface area contributed by atoms with Crippen molar-refractivity contribution in [2.45, 2.75) is 19.4 Å². The van der Waals surface area contributed by atoms with E-state index in [1.807, 2.05) is 31.2 Å². The number of pyridine rings is 1. The van der Waals surface area contributed by atoms with Gasteiger partial charge in [0.2, 0.25) is 5.70 Å². The van der Waals surface area contributed by atoms with Crippen LogP contribution in [0, 0.1) is 11.3 Å². The molecule has 0 fully saturated rings. The highest BCUT2D eigenvalue weighted by molar-refractivity contribution is 6.30. The standard InChI is InChI=1S/C21H24ClN7O2/c1-2-14-3-5-15(6-4-14)19(12-23)28-20(30)17(24)13-29(25)10-9-27-21(31)18-11-16(22)7-8-26-18/h3-8,11,13,19H,2,9-10,24-25H2,1H3,(H,27,31)(H,28,30)/p+1/b17-13-. The lowest BCUT2D eigenvalue weighted by atomic mass is 10.0. The highest BCUT2D eigenvalue weighted by atomic mass is 35.5. The molecule has 0 spiro atoms. The van der Waals surface area contributed by atoms with Crippen LogP contribution < -0.4 is 22.2 Å². The molecule has 0 aliphatic heterocycles. The van der Waals surface area contributed by atoms with Gasteiger partial charge in [-0.2, -0.15) is 5.26 Å². The van der Waals surface area contributed by atoms with E-state index in [0.717, 1.165) is 12.0 Å². The SMILES string of the molecule is CCc1ccc(C(C#N)NC(=O)/C([NH3+])=C/N(N)CCNC(=O)c2cc(Cl)ccn2)cc1. The molecule has 0 radical (unpaired) electrons. The summed E-state index contributed by atoms with van der Waals surface area (Å²) in [5.74, 6) is 4.94. The summed E-state index contributed by atoms with van der Waals surface area (Å²) < 4.78 is 0. The molecule has 1 heterocycles. The van der Waals surface area contributed by atoms with Crippen molar-refractivity contribution in [3.05, 3.63) is 76.3 Å². The maximum absolute atomic E-state index is 12.4. The first-order chi connectivity index (χ1) is 14.8. The third-order valence-corrected chi connectivity index (χ3v) is 4.58. The number of nitrogens with zero attached hydrogens (tertiary/aromatic N) is 3. The molecule has 2 amide bonds. The van der Waals surface area contributed by atoms with Gasteiger partial charge in [-0.1, -0.05) is 42.8 Å². The summed E-state index contributed by atoms with van der Waals surface area (Å²) in [6.45, 7) is 2.47. The zero-order valence-electron chi connectivity index (χ0n) is 17.1. The molecule has 10 heteroatoms. The summed E-state index contributed by atoms with van der Waals surface area (Å²) in [7, 11) is 0. The van der Waals surface area contributed by atoms with Crippen LogP contribution in [0.15, 0.2) is 54.5 Å². The van der Waals surface area contributed by atoms with E-state index in [0.29, 0.717) is 10.6 Å². The number of hydrazine groups is 1. The number of carbonyl (C=O) groups is 2. The monoisotopic (exact) mass is 442 g/mol. The van der Waals surface area contributed by atoms with Crippen LogP contribution in [0.25, 0.3) is 0 Å². The molecule has 31 heavy (non-hydrogen) atoms. The highest BCUT2D eigenvalue weighted by Crippen LogP contribution is 2.14. The molecule has 1 unspecified atom stereocenters. The zero-order chi connectivity index (χ0) is 22.8. The van der Waals surface area contributed by atoms with E-state index in [-0.39, 0.29) is 24.5 Å². The maximum atomic E-state index is 12.4. The van der Waals surface area contributed by atoms with Gasteiger partial charge in [-0.05, 0) is 29.7 Å². The second kappa shape index (κ2) is 11.7. The number of nitrogens with one attached hydrogen (secondary N) is 2. The minimum Gasteiger partial charge on any atom is -0.349 e. The Hall–Kier alpha value is -3.45. The van der Waals surface area contributed by atoms with Crippen LogP contribution in [0.3, 0.4) is 0 Å².